The van der Waals surface area contributed by atoms with E-state index in [0.717, 1.165) is 5.56 Å². The summed E-state index contributed by atoms with van der Waals surface area (Å²) in [5, 5.41) is 21.3. The summed E-state index contributed by atoms with van der Waals surface area (Å²) in [4.78, 5) is 13.2. The van der Waals surface area contributed by atoms with Crippen LogP contribution in [0, 0.1) is 11.6 Å². The Labute approximate surface area is 221 Å². The van der Waals surface area contributed by atoms with E-state index in [9.17, 15) is 23.8 Å². The average molecular weight is 529 g/mol. The Morgan fingerprint density at radius 2 is 1.32 bits per heavy atom. The molecule has 1 amide bonds. The number of aliphatic hydroxyl groups is 2. The van der Waals surface area contributed by atoms with E-state index >= 15 is 0 Å². The standard InChI is InChI=1S/C29H34F2N2O5/c1-20(10-11-21-12-14-22(15-13-21)29(32)36)33(16-23(34)18-37-27-8-4-2-6-25(27)30)17-24(35)19-38-28-9-5-3-7-26(28)31/h2-9,12-15,20,23-24,34-35H,10-11,16-19H2,1H3,(H2,32,36)/t20-,23?,24?/m1/s1. The second-order valence-electron chi connectivity index (χ2n) is 9.19. The molecule has 3 atom stereocenters. The lowest BCUT2D eigenvalue weighted by molar-refractivity contribution is 0.0145. The van der Waals surface area contributed by atoms with Gasteiger partial charge in [0.05, 0.1) is 0 Å². The number of ether oxygens (including phenoxy) is 2. The minimum atomic E-state index is -0.966. The first-order valence-corrected chi connectivity index (χ1v) is 12.5. The highest BCUT2D eigenvalue weighted by atomic mass is 19.1. The average Bonchev–Trinajstić information content (AvgIpc) is 2.90. The third-order valence-corrected chi connectivity index (χ3v) is 6.14. The predicted octanol–water partition coefficient (Wildman–Crippen LogP) is 3.57. The summed E-state index contributed by atoms with van der Waals surface area (Å²) in [5.41, 5.74) is 6.74. The normalized spacial score (nSPS) is 13.6. The fourth-order valence-corrected chi connectivity index (χ4v) is 3.97. The second-order valence-corrected chi connectivity index (χ2v) is 9.19. The van der Waals surface area contributed by atoms with Crippen LogP contribution >= 0.6 is 0 Å². The molecule has 0 saturated carbocycles. The summed E-state index contributed by atoms with van der Waals surface area (Å²) in [6.07, 6.45) is -0.573. The first-order valence-electron chi connectivity index (χ1n) is 12.5. The van der Waals surface area contributed by atoms with Crippen molar-refractivity contribution >= 4 is 5.91 Å². The first-order chi connectivity index (χ1) is 18.2. The lowest BCUT2D eigenvalue weighted by atomic mass is 10.0. The summed E-state index contributed by atoms with van der Waals surface area (Å²) in [6, 6.07) is 18.8. The van der Waals surface area contributed by atoms with E-state index in [0.29, 0.717) is 18.4 Å². The van der Waals surface area contributed by atoms with Gasteiger partial charge < -0.3 is 25.4 Å². The minimum absolute atomic E-state index is 0.0453. The van der Waals surface area contributed by atoms with E-state index in [1.807, 2.05) is 24.0 Å². The summed E-state index contributed by atoms with van der Waals surface area (Å²) >= 11 is 0. The van der Waals surface area contributed by atoms with Crippen molar-refractivity contribution in [1.29, 1.82) is 0 Å². The minimum Gasteiger partial charge on any atom is -0.488 e. The van der Waals surface area contributed by atoms with Gasteiger partial charge in [-0.15, -0.1) is 0 Å². The van der Waals surface area contributed by atoms with Gasteiger partial charge in [0.2, 0.25) is 5.91 Å². The van der Waals surface area contributed by atoms with Crippen LogP contribution in [-0.4, -0.2) is 65.6 Å². The Kier molecular flexibility index (Phi) is 11.0. The smallest absolute Gasteiger partial charge is 0.248 e. The zero-order valence-corrected chi connectivity index (χ0v) is 21.3. The fraction of sp³-hybridized carbons (Fsp3) is 0.345. The lowest BCUT2D eigenvalue weighted by Crippen LogP contribution is -2.46. The Bertz CT molecular complexity index is 1100. The molecule has 3 aromatic rings. The molecule has 0 radical (unpaired) electrons. The van der Waals surface area contributed by atoms with E-state index in [1.165, 1.54) is 24.3 Å². The van der Waals surface area contributed by atoms with Crippen molar-refractivity contribution in [2.75, 3.05) is 26.3 Å². The molecule has 38 heavy (non-hydrogen) atoms. The van der Waals surface area contributed by atoms with Crippen molar-refractivity contribution in [2.45, 2.75) is 38.0 Å². The Hall–Kier alpha value is -3.53. The molecular weight excluding hydrogens is 494 g/mol. The number of aryl methyl sites for hydroxylation is 1. The molecule has 0 aromatic heterocycles. The SMILES string of the molecule is C[C@H](CCc1ccc(C(N)=O)cc1)N(CC(O)COc1ccccc1F)CC(O)COc1ccccc1F. The highest BCUT2D eigenvalue weighted by Gasteiger charge is 2.22. The largest absolute Gasteiger partial charge is 0.488 e. The Morgan fingerprint density at radius 1 is 0.842 bits per heavy atom. The fourth-order valence-electron chi connectivity index (χ4n) is 3.97. The number of hydrogen-bond acceptors (Lipinski definition) is 6. The number of amides is 1. The van der Waals surface area contributed by atoms with E-state index in [-0.39, 0.29) is 43.8 Å². The third-order valence-electron chi connectivity index (χ3n) is 6.14. The molecule has 2 unspecified atom stereocenters. The van der Waals surface area contributed by atoms with E-state index in [4.69, 9.17) is 15.2 Å². The number of nitrogens with zero attached hydrogens (tertiary/aromatic N) is 1. The van der Waals surface area contributed by atoms with E-state index < -0.39 is 29.7 Å². The van der Waals surface area contributed by atoms with Crippen LogP contribution in [0.25, 0.3) is 0 Å². The first kappa shape index (κ1) is 29.0. The van der Waals surface area contributed by atoms with Crippen LogP contribution in [0.1, 0.15) is 29.3 Å². The van der Waals surface area contributed by atoms with Gasteiger partial charge in [0.1, 0.15) is 25.4 Å². The van der Waals surface area contributed by atoms with Crippen molar-refractivity contribution < 1.29 is 33.3 Å². The number of hydrogen-bond donors (Lipinski definition) is 3. The highest BCUT2D eigenvalue weighted by Crippen LogP contribution is 2.18. The van der Waals surface area contributed by atoms with Gasteiger partial charge in [0, 0.05) is 24.7 Å². The molecule has 0 heterocycles. The van der Waals surface area contributed by atoms with Crippen LogP contribution in [0.3, 0.4) is 0 Å². The maximum atomic E-state index is 13.9. The zero-order valence-electron chi connectivity index (χ0n) is 21.3. The maximum absolute atomic E-state index is 13.9. The number of rotatable bonds is 15. The molecule has 204 valence electrons. The summed E-state index contributed by atoms with van der Waals surface area (Å²) in [7, 11) is 0. The van der Waals surface area contributed by atoms with Gasteiger partial charge in [-0.3, -0.25) is 9.69 Å². The highest BCUT2D eigenvalue weighted by molar-refractivity contribution is 5.92. The quantitative estimate of drug-likeness (QED) is 0.279. The van der Waals surface area contributed by atoms with E-state index in [1.54, 1.807) is 36.4 Å². The molecule has 0 aliphatic rings. The molecular formula is C29H34F2N2O5. The van der Waals surface area contributed by atoms with Crippen molar-refractivity contribution in [3.63, 3.8) is 0 Å². The number of aliphatic hydroxyl groups excluding tert-OH is 2. The van der Waals surface area contributed by atoms with Crippen LogP contribution in [0.2, 0.25) is 0 Å². The predicted molar refractivity (Wildman–Crippen MR) is 140 cm³/mol. The molecule has 0 fully saturated rings. The number of carbonyl (C=O) groups excluding carboxylic acids is 1. The molecule has 9 heteroatoms. The number of halogens is 2. The lowest BCUT2D eigenvalue weighted by Gasteiger charge is -2.32. The van der Waals surface area contributed by atoms with Crippen LogP contribution in [0.5, 0.6) is 11.5 Å². The van der Waals surface area contributed by atoms with Gasteiger partial charge in [0.15, 0.2) is 23.1 Å². The second kappa shape index (κ2) is 14.4. The van der Waals surface area contributed by atoms with E-state index in [2.05, 4.69) is 0 Å². The molecule has 3 aromatic carbocycles. The van der Waals surface area contributed by atoms with Gasteiger partial charge in [-0.25, -0.2) is 8.78 Å². The van der Waals surface area contributed by atoms with Crippen molar-refractivity contribution in [3.8, 4) is 11.5 Å². The van der Waals surface area contributed by atoms with Crippen LogP contribution in [-0.2, 0) is 6.42 Å². The molecule has 0 bridgehead atoms. The number of primary amides is 1. The maximum Gasteiger partial charge on any atom is 0.248 e. The number of para-hydroxylation sites is 2. The zero-order chi connectivity index (χ0) is 27.5. The molecule has 0 aliphatic carbocycles. The van der Waals surface area contributed by atoms with Gasteiger partial charge in [-0.2, -0.15) is 0 Å². The van der Waals surface area contributed by atoms with Crippen LogP contribution < -0.4 is 15.2 Å². The van der Waals surface area contributed by atoms with Gasteiger partial charge in [-0.05, 0) is 61.7 Å². The third kappa shape index (κ3) is 9.09. The molecule has 7 nitrogen and oxygen atoms in total. The molecule has 4 N–H and O–H groups in total. The monoisotopic (exact) mass is 528 g/mol. The van der Waals surface area contributed by atoms with Gasteiger partial charge in [0.25, 0.3) is 0 Å². The van der Waals surface area contributed by atoms with Crippen molar-refractivity contribution in [2.24, 2.45) is 5.73 Å². The molecule has 3 rings (SSSR count). The van der Waals surface area contributed by atoms with Gasteiger partial charge in [-0.1, -0.05) is 36.4 Å². The topological polar surface area (TPSA) is 105 Å². The number of benzene rings is 3. The van der Waals surface area contributed by atoms with Gasteiger partial charge >= 0.3 is 0 Å². The number of carbonyl (C=O) groups is 1. The van der Waals surface area contributed by atoms with Crippen molar-refractivity contribution in [3.05, 3.63) is 95.6 Å². The van der Waals surface area contributed by atoms with Crippen LogP contribution in [0.15, 0.2) is 72.8 Å². The molecule has 0 spiro atoms. The molecule has 0 aliphatic heterocycles. The Morgan fingerprint density at radius 3 is 1.76 bits per heavy atom. The number of nitrogens with two attached hydrogens (primary N) is 1. The summed E-state index contributed by atoms with van der Waals surface area (Å²) in [5.74, 6) is -1.44. The summed E-state index contributed by atoms with van der Waals surface area (Å²) < 4.78 is 38.6. The summed E-state index contributed by atoms with van der Waals surface area (Å²) in [6.45, 7) is 1.98. The Balaban J connectivity index is 1.60. The molecule has 0 saturated heterocycles. The van der Waals surface area contributed by atoms with Crippen LogP contribution in [0.4, 0.5) is 8.78 Å². The van der Waals surface area contributed by atoms with Crippen molar-refractivity contribution in [1.82, 2.24) is 4.90 Å².